The van der Waals surface area contributed by atoms with Gasteiger partial charge in [-0.3, -0.25) is 4.79 Å². The minimum atomic E-state index is -0.274. The average molecular weight is 305 g/mol. The van der Waals surface area contributed by atoms with Gasteiger partial charge in [-0.1, -0.05) is 6.92 Å². The minimum absolute atomic E-state index is 0. The molecule has 1 amide bonds. The van der Waals surface area contributed by atoms with Gasteiger partial charge in [0.2, 0.25) is 5.91 Å². The Hall–Kier alpha value is -0.320. The van der Waals surface area contributed by atoms with E-state index in [0.29, 0.717) is 12.5 Å². The topological polar surface area (TPSA) is 41.6 Å². The van der Waals surface area contributed by atoms with E-state index in [2.05, 4.69) is 17.1 Å². The van der Waals surface area contributed by atoms with Gasteiger partial charge in [0.1, 0.15) is 0 Å². The smallest absolute Gasteiger partial charge is 0.231 e. The highest BCUT2D eigenvalue weighted by Gasteiger charge is 2.43. The second-order valence-corrected chi connectivity index (χ2v) is 6.16. The summed E-state index contributed by atoms with van der Waals surface area (Å²) in [6, 6.07) is 0. The lowest BCUT2D eigenvalue weighted by Gasteiger charge is -2.39. The van der Waals surface area contributed by atoms with Crippen LogP contribution >= 0.6 is 12.4 Å². The van der Waals surface area contributed by atoms with Gasteiger partial charge in [-0.05, 0) is 51.1 Å². The number of rotatable bonds is 7. The van der Waals surface area contributed by atoms with Gasteiger partial charge in [-0.25, -0.2) is 0 Å². The quantitative estimate of drug-likeness (QED) is 0.783. The van der Waals surface area contributed by atoms with E-state index < -0.39 is 0 Å². The predicted molar refractivity (Wildman–Crippen MR) is 83.3 cm³/mol. The summed E-state index contributed by atoms with van der Waals surface area (Å²) >= 11 is 0. The first-order valence-electron chi connectivity index (χ1n) is 7.71. The number of carbonyl (C=O) groups is 1. The van der Waals surface area contributed by atoms with Gasteiger partial charge in [-0.15, -0.1) is 12.4 Å². The molecule has 2 rings (SSSR count). The number of nitrogens with zero attached hydrogens (tertiary/aromatic N) is 1. The third-order valence-electron chi connectivity index (χ3n) is 4.39. The van der Waals surface area contributed by atoms with Gasteiger partial charge >= 0.3 is 0 Å². The second kappa shape index (κ2) is 8.20. The number of methoxy groups -OCH3 is 1. The molecule has 1 saturated carbocycles. The van der Waals surface area contributed by atoms with Crippen LogP contribution in [0.4, 0.5) is 0 Å². The van der Waals surface area contributed by atoms with Crippen LogP contribution in [0.3, 0.4) is 0 Å². The molecule has 0 radical (unpaired) electrons. The van der Waals surface area contributed by atoms with E-state index >= 15 is 0 Å². The molecule has 1 saturated heterocycles. The molecule has 5 heteroatoms. The van der Waals surface area contributed by atoms with Crippen molar-refractivity contribution >= 4 is 18.3 Å². The normalized spacial score (nSPS) is 21.1. The number of hydrogen-bond donors (Lipinski definition) is 1. The summed E-state index contributed by atoms with van der Waals surface area (Å²) in [7, 11) is 1.71. The molecular weight excluding hydrogens is 276 g/mol. The Balaban J connectivity index is 0.00000200. The van der Waals surface area contributed by atoms with Crippen LogP contribution in [0.25, 0.3) is 0 Å². The van der Waals surface area contributed by atoms with Crippen molar-refractivity contribution < 1.29 is 9.53 Å². The molecule has 0 atom stereocenters. The first kappa shape index (κ1) is 17.7. The van der Waals surface area contributed by atoms with E-state index in [1.54, 1.807) is 7.11 Å². The molecule has 1 N–H and O–H groups in total. The van der Waals surface area contributed by atoms with Crippen LogP contribution in [-0.2, 0) is 9.53 Å². The summed E-state index contributed by atoms with van der Waals surface area (Å²) in [5.41, 5.74) is -0.274. The highest BCUT2D eigenvalue weighted by Crippen LogP contribution is 2.35. The third kappa shape index (κ3) is 4.34. The monoisotopic (exact) mass is 304 g/mol. The van der Waals surface area contributed by atoms with Crippen molar-refractivity contribution in [1.29, 1.82) is 0 Å². The van der Waals surface area contributed by atoms with Crippen LogP contribution in [0.5, 0.6) is 0 Å². The van der Waals surface area contributed by atoms with Gasteiger partial charge in [0, 0.05) is 20.2 Å². The molecule has 1 aliphatic heterocycles. The highest BCUT2D eigenvalue weighted by atomic mass is 35.5. The summed E-state index contributed by atoms with van der Waals surface area (Å²) in [6.07, 6.45) is 5.45. The number of halogens is 1. The van der Waals surface area contributed by atoms with Crippen molar-refractivity contribution in [2.75, 3.05) is 39.9 Å². The van der Waals surface area contributed by atoms with E-state index in [1.165, 1.54) is 12.8 Å². The standard InChI is InChI=1S/C15H28N2O2.ClH/c1-3-10-17(11-13-4-5-13)14(18)15(12-19-2)6-8-16-9-7-15;/h13,16H,3-12H2,1-2H3;1H. The number of carbonyl (C=O) groups excluding carboxylic acids is 1. The van der Waals surface area contributed by atoms with Gasteiger partial charge in [-0.2, -0.15) is 0 Å². The fourth-order valence-electron chi connectivity index (χ4n) is 3.09. The minimum Gasteiger partial charge on any atom is -0.384 e. The maximum Gasteiger partial charge on any atom is 0.231 e. The van der Waals surface area contributed by atoms with Crippen molar-refractivity contribution in [3.05, 3.63) is 0 Å². The van der Waals surface area contributed by atoms with E-state index in [-0.39, 0.29) is 17.8 Å². The molecule has 0 aromatic heterocycles. The zero-order chi connectivity index (χ0) is 13.7. The lowest BCUT2D eigenvalue weighted by molar-refractivity contribution is -0.148. The average Bonchev–Trinajstić information content (AvgIpc) is 3.23. The summed E-state index contributed by atoms with van der Waals surface area (Å²) < 4.78 is 5.38. The molecule has 118 valence electrons. The molecule has 0 bridgehead atoms. The Morgan fingerprint density at radius 1 is 1.35 bits per heavy atom. The predicted octanol–water partition coefficient (Wildman–Crippen LogP) is 2.07. The number of piperidine rings is 1. The second-order valence-electron chi connectivity index (χ2n) is 6.16. The molecule has 1 heterocycles. The van der Waals surface area contributed by atoms with Crippen LogP contribution in [0.1, 0.15) is 39.0 Å². The van der Waals surface area contributed by atoms with Crippen molar-refractivity contribution in [3.63, 3.8) is 0 Å². The van der Waals surface area contributed by atoms with Crippen LogP contribution < -0.4 is 5.32 Å². The van der Waals surface area contributed by atoms with Crippen LogP contribution in [0.15, 0.2) is 0 Å². The summed E-state index contributed by atoms with van der Waals surface area (Å²) in [6.45, 7) is 6.44. The molecule has 2 fully saturated rings. The maximum absolute atomic E-state index is 13.0. The summed E-state index contributed by atoms with van der Waals surface area (Å²) in [5.74, 6) is 1.10. The lowest BCUT2D eigenvalue weighted by atomic mass is 9.78. The van der Waals surface area contributed by atoms with Crippen molar-refractivity contribution in [2.24, 2.45) is 11.3 Å². The molecule has 1 aliphatic carbocycles. The van der Waals surface area contributed by atoms with E-state index in [4.69, 9.17) is 4.74 Å². The molecule has 0 spiro atoms. The SMILES string of the molecule is CCCN(CC1CC1)C(=O)C1(COC)CCNCC1.Cl. The summed E-state index contributed by atoms with van der Waals surface area (Å²) in [5, 5.41) is 3.35. The Labute approximate surface area is 129 Å². The van der Waals surface area contributed by atoms with Crippen molar-refractivity contribution in [2.45, 2.75) is 39.0 Å². The number of nitrogens with one attached hydrogen (secondary N) is 1. The fraction of sp³-hybridized carbons (Fsp3) is 0.933. The number of hydrogen-bond acceptors (Lipinski definition) is 3. The third-order valence-corrected chi connectivity index (χ3v) is 4.39. The van der Waals surface area contributed by atoms with E-state index in [9.17, 15) is 4.79 Å². The molecule has 0 aromatic rings. The zero-order valence-electron chi connectivity index (χ0n) is 12.8. The zero-order valence-corrected chi connectivity index (χ0v) is 13.6. The van der Waals surface area contributed by atoms with Crippen LogP contribution in [-0.4, -0.2) is 50.7 Å². The van der Waals surface area contributed by atoms with Gasteiger partial charge in [0.05, 0.1) is 12.0 Å². The number of ether oxygens (including phenoxy) is 1. The Morgan fingerprint density at radius 2 is 2.00 bits per heavy atom. The maximum atomic E-state index is 13.0. The fourth-order valence-corrected chi connectivity index (χ4v) is 3.09. The first-order valence-corrected chi connectivity index (χ1v) is 7.71. The van der Waals surface area contributed by atoms with Crippen molar-refractivity contribution in [1.82, 2.24) is 10.2 Å². The van der Waals surface area contributed by atoms with E-state index in [0.717, 1.165) is 51.4 Å². The Morgan fingerprint density at radius 3 is 2.50 bits per heavy atom. The lowest BCUT2D eigenvalue weighted by Crippen LogP contribution is -2.52. The Bertz CT molecular complexity index is 297. The molecule has 0 unspecified atom stereocenters. The Kier molecular flexibility index (Phi) is 7.27. The molecule has 4 nitrogen and oxygen atoms in total. The van der Waals surface area contributed by atoms with Crippen LogP contribution in [0.2, 0.25) is 0 Å². The van der Waals surface area contributed by atoms with E-state index in [1.807, 2.05) is 0 Å². The number of amides is 1. The van der Waals surface area contributed by atoms with Crippen molar-refractivity contribution in [3.8, 4) is 0 Å². The van der Waals surface area contributed by atoms with Gasteiger partial charge in [0.25, 0.3) is 0 Å². The molecule has 0 aromatic carbocycles. The van der Waals surface area contributed by atoms with Gasteiger partial charge < -0.3 is 15.0 Å². The van der Waals surface area contributed by atoms with Crippen LogP contribution in [0, 0.1) is 11.3 Å². The molecule has 20 heavy (non-hydrogen) atoms. The van der Waals surface area contributed by atoms with Gasteiger partial charge in [0.15, 0.2) is 0 Å². The summed E-state index contributed by atoms with van der Waals surface area (Å²) in [4.78, 5) is 15.1. The first-order chi connectivity index (χ1) is 9.22. The molecular formula is C15H29ClN2O2. The highest BCUT2D eigenvalue weighted by molar-refractivity contribution is 5.85. The largest absolute Gasteiger partial charge is 0.384 e. The molecule has 2 aliphatic rings.